The van der Waals surface area contributed by atoms with Gasteiger partial charge in [-0.2, -0.15) is 0 Å². The highest BCUT2D eigenvalue weighted by Crippen LogP contribution is 2.23. The Morgan fingerprint density at radius 2 is 1.70 bits per heavy atom. The first-order valence-corrected chi connectivity index (χ1v) is 9.39. The molecule has 1 aliphatic rings. The summed E-state index contributed by atoms with van der Waals surface area (Å²) >= 11 is 0. The number of sulfonamides is 1. The third-order valence-corrected chi connectivity index (χ3v) is 5.22. The molecule has 3 amide bonds. The van der Waals surface area contributed by atoms with E-state index in [2.05, 4.69) is 10.1 Å². The van der Waals surface area contributed by atoms with Crippen molar-refractivity contribution in [2.24, 2.45) is 0 Å². The van der Waals surface area contributed by atoms with Crippen LogP contribution in [0, 0.1) is 0 Å². The van der Waals surface area contributed by atoms with Crippen LogP contribution in [0.25, 0.3) is 0 Å². The van der Waals surface area contributed by atoms with Gasteiger partial charge in [0.25, 0.3) is 10.0 Å². The first-order chi connectivity index (χ1) is 12.5. The summed E-state index contributed by atoms with van der Waals surface area (Å²) < 4.78 is 66.1. The normalized spacial score (nSPS) is 15.9. The van der Waals surface area contributed by atoms with Gasteiger partial charge in [-0.05, 0) is 37.1 Å². The number of hydrogen-bond acceptors (Lipinski definition) is 5. The van der Waals surface area contributed by atoms with Gasteiger partial charge in [0, 0.05) is 26.1 Å². The number of ether oxygens (including phenoxy) is 1. The number of carbonyl (C=O) groups is 2. The third kappa shape index (κ3) is 6.31. The average molecular weight is 409 g/mol. The van der Waals surface area contributed by atoms with E-state index in [1.165, 1.54) is 6.92 Å². The van der Waals surface area contributed by atoms with Crippen LogP contribution >= 0.6 is 0 Å². The van der Waals surface area contributed by atoms with Crippen molar-refractivity contribution in [2.45, 2.75) is 37.1 Å². The monoisotopic (exact) mass is 409 g/mol. The van der Waals surface area contributed by atoms with Crippen LogP contribution in [0.3, 0.4) is 0 Å². The number of benzene rings is 1. The largest absolute Gasteiger partial charge is 0.573 e. The highest BCUT2D eigenvalue weighted by Gasteiger charge is 2.31. The molecule has 1 heterocycles. The molecule has 2 rings (SSSR count). The van der Waals surface area contributed by atoms with Gasteiger partial charge in [-0.3, -0.25) is 4.79 Å². The Hall–Kier alpha value is -2.50. The number of hydrogen-bond donors (Lipinski definition) is 2. The van der Waals surface area contributed by atoms with Crippen LogP contribution in [0.15, 0.2) is 29.2 Å². The number of alkyl halides is 3. The zero-order valence-corrected chi connectivity index (χ0v) is 15.1. The molecule has 12 heteroatoms. The lowest BCUT2D eigenvalue weighted by Crippen LogP contribution is -2.49. The number of rotatable bonds is 4. The van der Waals surface area contributed by atoms with E-state index < -0.39 is 33.1 Å². The molecule has 0 spiro atoms. The lowest BCUT2D eigenvalue weighted by Gasteiger charge is -2.31. The second-order valence-electron chi connectivity index (χ2n) is 5.88. The Balaban J connectivity index is 1.92. The van der Waals surface area contributed by atoms with Crippen LogP contribution in [-0.2, 0) is 14.8 Å². The van der Waals surface area contributed by atoms with Crippen LogP contribution < -0.4 is 14.8 Å². The Morgan fingerprint density at radius 3 is 2.19 bits per heavy atom. The van der Waals surface area contributed by atoms with Gasteiger partial charge in [0.05, 0.1) is 4.90 Å². The van der Waals surface area contributed by atoms with Crippen molar-refractivity contribution in [1.82, 2.24) is 14.9 Å². The van der Waals surface area contributed by atoms with E-state index in [0.29, 0.717) is 25.9 Å². The van der Waals surface area contributed by atoms with E-state index >= 15 is 0 Å². The van der Waals surface area contributed by atoms with Crippen molar-refractivity contribution < 1.29 is 35.9 Å². The van der Waals surface area contributed by atoms with Crippen LogP contribution in [0.4, 0.5) is 18.0 Å². The van der Waals surface area contributed by atoms with Crippen LogP contribution in [0.5, 0.6) is 5.75 Å². The van der Waals surface area contributed by atoms with Crippen molar-refractivity contribution in [3.8, 4) is 5.75 Å². The number of carbonyl (C=O) groups excluding carboxylic acids is 2. The Bertz CT molecular complexity index is 788. The van der Waals surface area contributed by atoms with Crippen molar-refractivity contribution in [3.63, 3.8) is 0 Å². The van der Waals surface area contributed by atoms with E-state index in [1.54, 1.807) is 9.62 Å². The topological polar surface area (TPSA) is 105 Å². The quantitative estimate of drug-likeness (QED) is 0.786. The predicted molar refractivity (Wildman–Crippen MR) is 87.3 cm³/mol. The number of piperidine rings is 1. The highest BCUT2D eigenvalue weighted by molar-refractivity contribution is 7.90. The molecule has 1 aromatic carbocycles. The third-order valence-electron chi connectivity index (χ3n) is 3.87. The molecule has 0 bridgehead atoms. The number of amides is 3. The van der Waals surface area contributed by atoms with Gasteiger partial charge in [0.1, 0.15) is 5.75 Å². The Kier molecular flexibility index (Phi) is 6.19. The SMILES string of the molecule is CC(=O)N1CCC(NC(=O)NS(=O)(=O)c2ccc(OC(F)(F)F)cc2)CC1. The maximum Gasteiger partial charge on any atom is 0.573 e. The first kappa shape index (κ1) is 20.8. The summed E-state index contributed by atoms with van der Waals surface area (Å²) in [6.07, 6.45) is -3.93. The van der Waals surface area contributed by atoms with Crippen molar-refractivity contribution in [1.29, 1.82) is 0 Å². The molecule has 8 nitrogen and oxygen atoms in total. The van der Waals surface area contributed by atoms with E-state index in [4.69, 9.17) is 0 Å². The zero-order chi connectivity index (χ0) is 20.2. The van der Waals surface area contributed by atoms with Crippen molar-refractivity contribution in [2.75, 3.05) is 13.1 Å². The van der Waals surface area contributed by atoms with Gasteiger partial charge in [0.2, 0.25) is 5.91 Å². The summed E-state index contributed by atoms with van der Waals surface area (Å²) in [4.78, 5) is 24.4. The molecule has 0 unspecified atom stereocenters. The van der Waals surface area contributed by atoms with E-state index in [-0.39, 0.29) is 11.9 Å². The second kappa shape index (κ2) is 8.03. The fraction of sp³-hybridized carbons (Fsp3) is 0.467. The smallest absolute Gasteiger partial charge is 0.406 e. The summed E-state index contributed by atoms with van der Waals surface area (Å²) in [5.74, 6) is -0.651. The number of halogens is 3. The molecule has 0 aliphatic carbocycles. The fourth-order valence-electron chi connectivity index (χ4n) is 2.56. The molecule has 1 aromatic rings. The maximum atomic E-state index is 12.1. The molecule has 2 N–H and O–H groups in total. The summed E-state index contributed by atoms with van der Waals surface area (Å²) in [7, 11) is -4.26. The lowest BCUT2D eigenvalue weighted by atomic mass is 10.1. The standard InChI is InChI=1S/C15H18F3N3O5S/c1-10(22)21-8-6-11(7-9-21)19-14(23)20-27(24,25)13-4-2-12(3-5-13)26-15(16,17)18/h2-5,11H,6-9H2,1H3,(H2,19,20,23). The summed E-state index contributed by atoms with van der Waals surface area (Å²) in [6, 6.07) is 2.20. The number of likely N-dealkylation sites (tertiary alicyclic amines) is 1. The number of nitrogens with zero attached hydrogens (tertiary/aromatic N) is 1. The predicted octanol–water partition coefficient (Wildman–Crippen LogP) is 1.58. The minimum atomic E-state index is -4.89. The molecule has 1 saturated heterocycles. The fourth-order valence-corrected chi connectivity index (χ4v) is 3.47. The molecular weight excluding hydrogens is 391 g/mol. The van der Waals surface area contributed by atoms with Gasteiger partial charge >= 0.3 is 12.4 Å². The summed E-state index contributed by atoms with van der Waals surface area (Å²) in [6.45, 7) is 2.35. The maximum absolute atomic E-state index is 12.1. The van der Waals surface area contributed by atoms with Crippen LogP contribution in [0.1, 0.15) is 19.8 Å². The van der Waals surface area contributed by atoms with Crippen molar-refractivity contribution >= 4 is 22.0 Å². The number of nitrogens with one attached hydrogen (secondary N) is 2. The molecule has 0 saturated carbocycles. The van der Waals surface area contributed by atoms with E-state index in [1.807, 2.05) is 0 Å². The number of urea groups is 1. The van der Waals surface area contributed by atoms with Gasteiger partial charge in [-0.1, -0.05) is 0 Å². The Labute approximate surface area is 153 Å². The Morgan fingerprint density at radius 1 is 1.15 bits per heavy atom. The van der Waals surface area contributed by atoms with Crippen LogP contribution in [-0.4, -0.2) is 50.7 Å². The van der Waals surface area contributed by atoms with E-state index in [0.717, 1.165) is 24.3 Å². The van der Waals surface area contributed by atoms with Crippen LogP contribution in [0.2, 0.25) is 0 Å². The molecular formula is C15H18F3N3O5S. The molecule has 0 atom stereocenters. The highest BCUT2D eigenvalue weighted by atomic mass is 32.2. The average Bonchev–Trinajstić information content (AvgIpc) is 2.53. The minimum absolute atomic E-state index is 0.0709. The molecule has 27 heavy (non-hydrogen) atoms. The molecule has 1 fully saturated rings. The first-order valence-electron chi connectivity index (χ1n) is 7.91. The zero-order valence-electron chi connectivity index (χ0n) is 14.2. The van der Waals surface area contributed by atoms with E-state index in [9.17, 15) is 31.2 Å². The second-order valence-corrected chi connectivity index (χ2v) is 7.56. The van der Waals surface area contributed by atoms with Gasteiger partial charge in [-0.25, -0.2) is 17.9 Å². The van der Waals surface area contributed by atoms with Gasteiger partial charge in [-0.15, -0.1) is 13.2 Å². The molecule has 150 valence electrons. The lowest BCUT2D eigenvalue weighted by molar-refractivity contribution is -0.274. The van der Waals surface area contributed by atoms with Gasteiger partial charge in [0.15, 0.2) is 0 Å². The molecule has 1 aliphatic heterocycles. The molecule has 0 aromatic heterocycles. The van der Waals surface area contributed by atoms with Gasteiger partial charge < -0.3 is 15.0 Å². The summed E-state index contributed by atoms with van der Waals surface area (Å²) in [5.41, 5.74) is 0. The minimum Gasteiger partial charge on any atom is -0.406 e. The molecule has 0 radical (unpaired) electrons. The van der Waals surface area contributed by atoms with Crippen molar-refractivity contribution in [3.05, 3.63) is 24.3 Å². The summed E-state index contributed by atoms with van der Waals surface area (Å²) in [5, 5.41) is 2.51.